The van der Waals surface area contributed by atoms with Crippen molar-refractivity contribution in [2.75, 3.05) is 11.6 Å². The van der Waals surface area contributed by atoms with Gasteiger partial charge in [0.2, 0.25) is 0 Å². The second-order valence-electron chi connectivity index (χ2n) is 5.34. The zero-order valence-corrected chi connectivity index (χ0v) is 14.5. The van der Waals surface area contributed by atoms with Gasteiger partial charge in [0, 0.05) is 11.8 Å². The second kappa shape index (κ2) is 5.95. The van der Waals surface area contributed by atoms with E-state index in [-0.39, 0.29) is 10.5 Å². The molecule has 0 bridgehead atoms. The van der Waals surface area contributed by atoms with Crippen molar-refractivity contribution in [3.8, 4) is 0 Å². The molecular formula is C16H13FN2O3S2. The van der Waals surface area contributed by atoms with Gasteiger partial charge >= 0.3 is 0 Å². The topological polar surface area (TPSA) is 76.1 Å². The largest absolute Gasteiger partial charge is 0.298 e. The molecule has 0 saturated carbocycles. The van der Waals surface area contributed by atoms with Crippen LogP contribution in [-0.2, 0) is 9.84 Å². The first kappa shape index (κ1) is 16.5. The van der Waals surface area contributed by atoms with Gasteiger partial charge in [-0.1, -0.05) is 17.4 Å². The third-order valence-corrected chi connectivity index (χ3v) is 5.49. The first-order valence-electron chi connectivity index (χ1n) is 6.92. The number of sulfone groups is 1. The van der Waals surface area contributed by atoms with Crippen molar-refractivity contribution in [1.82, 2.24) is 4.98 Å². The fraction of sp³-hybridized carbons (Fsp3) is 0.125. The summed E-state index contributed by atoms with van der Waals surface area (Å²) in [6.45, 7) is 1.62. The highest BCUT2D eigenvalue weighted by atomic mass is 32.2. The number of nitrogens with zero attached hydrogens (tertiary/aromatic N) is 1. The molecule has 0 aliphatic rings. The number of carbonyl (C=O) groups is 1. The van der Waals surface area contributed by atoms with Gasteiger partial charge in [0.05, 0.1) is 15.1 Å². The minimum absolute atomic E-state index is 0.189. The van der Waals surface area contributed by atoms with Gasteiger partial charge < -0.3 is 0 Å². The number of amides is 1. The predicted octanol–water partition coefficient (Wildman–Crippen LogP) is 3.40. The van der Waals surface area contributed by atoms with Crippen LogP contribution in [-0.4, -0.2) is 25.6 Å². The number of fused-ring (bicyclic) bond motifs is 1. The van der Waals surface area contributed by atoms with E-state index in [0.29, 0.717) is 20.9 Å². The molecule has 1 aromatic heterocycles. The Hall–Kier alpha value is -2.32. The third kappa shape index (κ3) is 3.29. The zero-order valence-electron chi connectivity index (χ0n) is 12.8. The summed E-state index contributed by atoms with van der Waals surface area (Å²) in [6.07, 6.45) is 1.13. The predicted molar refractivity (Wildman–Crippen MR) is 91.8 cm³/mol. The lowest BCUT2D eigenvalue weighted by Gasteiger charge is -2.03. The van der Waals surface area contributed by atoms with E-state index in [1.54, 1.807) is 13.0 Å². The standard InChI is InChI=1S/C16H13FN2O3S2/c1-9-3-4-10(7-12(9)17)15(20)19-16-18-13-6-5-11(24(2,21)22)8-14(13)23-16/h3-8H,1-2H3,(H,18,19,20). The number of thiazole rings is 1. The molecule has 2 aromatic carbocycles. The number of benzene rings is 2. The molecule has 1 N–H and O–H groups in total. The van der Waals surface area contributed by atoms with E-state index in [9.17, 15) is 17.6 Å². The fourth-order valence-corrected chi connectivity index (χ4v) is 3.71. The maximum Gasteiger partial charge on any atom is 0.257 e. The highest BCUT2D eigenvalue weighted by molar-refractivity contribution is 7.90. The minimum Gasteiger partial charge on any atom is -0.298 e. The van der Waals surface area contributed by atoms with Crippen LogP contribution in [0.1, 0.15) is 15.9 Å². The number of carbonyl (C=O) groups excluding carboxylic acids is 1. The molecule has 0 aliphatic heterocycles. The van der Waals surface area contributed by atoms with Crippen LogP contribution in [0, 0.1) is 12.7 Å². The summed E-state index contributed by atoms with van der Waals surface area (Å²) in [5.74, 6) is -0.930. The Balaban J connectivity index is 1.89. The first-order valence-corrected chi connectivity index (χ1v) is 9.63. The zero-order chi connectivity index (χ0) is 17.5. The minimum atomic E-state index is -3.31. The van der Waals surface area contributed by atoms with Crippen molar-refractivity contribution in [3.05, 3.63) is 53.3 Å². The van der Waals surface area contributed by atoms with Crippen molar-refractivity contribution >= 4 is 42.4 Å². The van der Waals surface area contributed by atoms with Crippen molar-refractivity contribution in [3.63, 3.8) is 0 Å². The molecule has 0 saturated heterocycles. The summed E-state index contributed by atoms with van der Waals surface area (Å²) in [7, 11) is -3.31. The van der Waals surface area contributed by atoms with Crippen molar-refractivity contribution in [1.29, 1.82) is 0 Å². The average Bonchev–Trinajstić information content (AvgIpc) is 2.90. The molecule has 0 aliphatic carbocycles. The highest BCUT2D eigenvalue weighted by Crippen LogP contribution is 2.28. The maximum atomic E-state index is 13.6. The number of hydrogen-bond acceptors (Lipinski definition) is 5. The van der Waals surface area contributed by atoms with Gasteiger partial charge in [0.1, 0.15) is 5.82 Å². The average molecular weight is 364 g/mol. The summed E-state index contributed by atoms with van der Waals surface area (Å²) in [5, 5.41) is 2.93. The van der Waals surface area contributed by atoms with Crippen molar-refractivity contribution in [2.45, 2.75) is 11.8 Å². The number of aromatic nitrogens is 1. The molecule has 0 atom stereocenters. The summed E-state index contributed by atoms with van der Waals surface area (Å²) >= 11 is 1.16. The van der Waals surface area contributed by atoms with Gasteiger partial charge in [-0.2, -0.15) is 0 Å². The van der Waals surface area contributed by atoms with E-state index in [2.05, 4.69) is 10.3 Å². The van der Waals surface area contributed by atoms with Gasteiger partial charge in [0.25, 0.3) is 5.91 Å². The molecule has 5 nitrogen and oxygen atoms in total. The van der Waals surface area contributed by atoms with Gasteiger partial charge in [0.15, 0.2) is 15.0 Å². The Kier molecular flexibility index (Phi) is 4.10. The molecule has 124 valence electrons. The van der Waals surface area contributed by atoms with E-state index in [1.165, 1.54) is 30.3 Å². The lowest BCUT2D eigenvalue weighted by atomic mass is 10.1. The molecule has 8 heteroatoms. The Labute approximate surface area is 142 Å². The van der Waals surface area contributed by atoms with Crippen LogP contribution < -0.4 is 5.32 Å². The number of aryl methyl sites for hydroxylation is 1. The lowest BCUT2D eigenvalue weighted by Crippen LogP contribution is -2.12. The highest BCUT2D eigenvalue weighted by Gasteiger charge is 2.13. The van der Waals surface area contributed by atoms with E-state index in [4.69, 9.17) is 0 Å². The van der Waals surface area contributed by atoms with Crippen LogP contribution in [0.2, 0.25) is 0 Å². The maximum absolute atomic E-state index is 13.6. The number of anilines is 1. The van der Waals surface area contributed by atoms with Gasteiger partial charge in [-0.3, -0.25) is 10.1 Å². The van der Waals surface area contributed by atoms with E-state index >= 15 is 0 Å². The molecule has 0 spiro atoms. The van der Waals surface area contributed by atoms with E-state index in [0.717, 1.165) is 17.6 Å². The Morgan fingerprint density at radius 1 is 1.21 bits per heavy atom. The molecule has 1 heterocycles. The number of nitrogens with one attached hydrogen (secondary N) is 1. The van der Waals surface area contributed by atoms with Crippen molar-refractivity contribution in [2.24, 2.45) is 0 Å². The first-order chi connectivity index (χ1) is 11.2. The molecule has 24 heavy (non-hydrogen) atoms. The SMILES string of the molecule is Cc1ccc(C(=O)Nc2nc3ccc(S(C)(=O)=O)cc3s2)cc1F. The Morgan fingerprint density at radius 2 is 1.96 bits per heavy atom. The molecule has 3 rings (SSSR count). The summed E-state index contributed by atoms with van der Waals surface area (Å²) in [6, 6.07) is 8.80. The Bertz CT molecular complexity index is 1060. The van der Waals surface area contributed by atoms with Gasteiger partial charge in [-0.25, -0.2) is 17.8 Å². The smallest absolute Gasteiger partial charge is 0.257 e. The van der Waals surface area contributed by atoms with Crippen LogP contribution in [0.4, 0.5) is 9.52 Å². The normalized spacial score (nSPS) is 11.6. The van der Waals surface area contributed by atoms with Crippen LogP contribution >= 0.6 is 11.3 Å². The molecular weight excluding hydrogens is 351 g/mol. The third-order valence-electron chi connectivity index (χ3n) is 3.44. The lowest BCUT2D eigenvalue weighted by molar-refractivity contribution is 0.102. The van der Waals surface area contributed by atoms with Crippen LogP contribution in [0.3, 0.4) is 0 Å². The second-order valence-corrected chi connectivity index (χ2v) is 8.39. The summed E-state index contributed by atoms with van der Waals surface area (Å²) in [4.78, 5) is 16.6. The summed E-state index contributed by atoms with van der Waals surface area (Å²) in [5.41, 5.74) is 1.23. The number of rotatable bonds is 3. The monoisotopic (exact) mass is 364 g/mol. The number of halogens is 1. The van der Waals surface area contributed by atoms with Gasteiger partial charge in [-0.15, -0.1) is 0 Å². The molecule has 3 aromatic rings. The molecule has 1 amide bonds. The van der Waals surface area contributed by atoms with E-state index < -0.39 is 21.6 Å². The van der Waals surface area contributed by atoms with Crippen LogP contribution in [0.15, 0.2) is 41.3 Å². The fourth-order valence-electron chi connectivity index (χ4n) is 2.09. The Morgan fingerprint density at radius 3 is 2.62 bits per heavy atom. The quantitative estimate of drug-likeness (QED) is 0.773. The van der Waals surface area contributed by atoms with Gasteiger partial charge in [-0.05, 0) is 42.8 Å². The molecule has 0 radical (unpaired) electrons. The van der Waals surface area contributed by atoms with Crippen LogP contribution in [0.25, 0.3) is 10.2 Å². The molecule has 0 fully saturated rings. The number of hydrogen-bond donors (Lipinski definition) is 1. The van der Waals surface area contributed by atoms with E-state index in [1.807, 2.05) is 0 Å². The molecule has 0 unspecified atom stereocenters. The summed E-state index contributed by atoms with van der Waals surface area (Å²) < 4.78 is 37.4. The van der Waals surface area contributed by atoms with Crippen LogP contribution in [0.5, 0.6) is 0 Å². The van der Waals surface area contributed by atoms with Crippen molar-refractivity contribution < 1.29 is 17.6 Å².